The number of benzene rings is 2. The molecule has 5 rings (SSSR count). The molecule has 2 aliphatic heterocycles. The number of ether oxygens (including phenoxy) is 2. The van der Waals surface area contributed by atoms with Crippen molar-refractivity contribution in [3.8, 4) is 16.3 Å². The third-order valence-corrected chi connectivity index (χ3v) is 6.36. The van der Waals surface area contributed by atoms with E-state index in [1.165, 1.54) is 15.8 Å². The lowest BCUT2D eigenvalue weighted by Gasteiger charge is -2.15. The van der Waals surface area contributed by atoms with Gasteiger partial charge >= 0.3 is 0 Å². The molecule has 1 N–H and O–H groups in total. The summed E-state index contributed by atoms with van der Waals surface area (Å²) in [6.45, 7) is 3.27. The van der Waals surface area contributed by atoms with Crippen LogP contribution in [0.2, 0.25) is 0 Å². The minimum atomic E-state index is -0.302. The fourth-order valence-corrected chi connectivity index (χ4v) is 4.94. The van der Waals surface area contributed by atoms with Crippen molar-refractivity contribution in [1.82, 2.24) is 10.3 Å². The van der Waals surface area contributed by atoms with Gasteiger partial charge in [0.2, 0.25) is 5.91 Å². The van der Waals surface area contributed by atoms with Crippen molar-refractivity contribution in [3.63, 3.8) is 0 Å². The Labute approximate surface area is 167 Å². The topological polar surface area (TPSA) is 60.5 Å². The molecule has 2 aromatic carbocycles. The maximum Gasteiger partial charge on any atom is 0.249 e. The number of nitrogens with one attached hydrogen (secondary N) is 1. The molecule has 144 valence electrons. The van der Waals surface area contributed by atoms with Crippen molar-refractivity contribution in [1.29, 1.82) is 0 Å². The maximum atomic E-state index is 12.2. The molecule has 28 heavy (non-hydrogen) atoms. The van der Waals surface area contributed by atoms with Crippen molar-refractivity contribution in [2.24, 2.45) is 0 Å². The van der Waals surface area contributed by atoms with E-state index in [-0.39, 0.29) is 18.1 Å². The number of aromatic nitrogens is 1. The molecular formula is C22H22N2O3S. The summed E-state index contributed by atoms with van der Waals surface area (Å²) in [6, 6.07) is 12.5. The number of nitrogens with zero attached hydrogens (tertiary/aromatic N) is 1. The van der Waals surface area contributed by atoms with Gasteiger partial charge in [-0.05, 0) is 49.1 Å². The highest BCUT2D eigenvalue weighted by molar-refractivity contribution is 7.21. The van der Waals surface area contributed by atoms with Gasteiger partial charge in [-0.15, -0.1) is 11.3 Å². The minimum absolute atomic E-state index is 0.0281. The Hall–Kier alpha value is -2.44. The summed E-state index contributed by atoms with van der Waals surface area (Å²) in [7, 11) is 0. The van der Waals surface area contributed by atoms with Crippen LogP contribution < -0.4 is 10.1 Å². The van der Waals surface area contributed by atoms with Crippen molar-refractivity contribution >= 4 is 27.5 Å². The van der Waals surface area contributed by atoms with E-state index in [0.717, 1.165) is 41.1 Å². The molecule has 3 aromatic rings. The van der Waals surface area contributed by atoms with Gasteiger partial charge in [-0.25, -0.2) is 4.98 Å². The van der Waals surface area contributed by atoms with Crippen LogP contribution in [0.25, 0.3) is 20.8 Å². The van der Waals surface area contributed by atoms with Gasteiger partial charge in [0.05, 0.1) is 22.3 Å². The van der Waals surface area contributed by atoms with Gasteiger partial charge in [0.1, 0.15) is 23.0 Å². The lowest BCUT2D eigenvalue weighted by Crippen LogP contribution is -2.40. The highest BCUT2D eigenvalue weighted by Gasteiger charge is 2.29. The third-order valence-electron chi connectivity index (χ3n) is 5.29. The number of aryl methyl sites for hydroxylation is 1. The quantitative estimate of drug-likeness (QED) is 0.730. The summed E-state index contributed by atoms with van der Waals surface area (Å²) in [4.78, 5) is 17.0. The second-order valence-electron chi connectivity index (χ2n) is 7.48. The highest BCUT2D eigenvalue weighted by Crippen LogP contribution is 2.42. The van der Waals surface area contributed by atoms with Gasteiger partial charge in [-0.1, -0.05) is 18.2 Å². The normalized spacial score (nSPS) is 20.9. The molecule has 0 radical (unpaired) electrons. The lowest BCUT2D eigenvalue weighted by molar-refractivity contribution is -0.130. The van der Waals surface area contributed by atoms with Crippen LogP contribution in [0.1, 0.15) is 24.0 Å². The van der Waals surface area contributed by atoms with Crippen LogP contribution in [-0.4, -0.2) is 36.3 Å². The van der Waals surface area contributed by atoms with Crippen LogP contribution >= 0.6 is 11.3 Å². The predicted octanol–water partition coefficient (Wildman–Crippen LogP) is 3.87. The number of hydrogen-bond acceptors (Lipinski definition) is 5. The average molecular weight is 394 g/mol. The number of amides is 1. The van der Waals surface area contributed by atoms with E-state index in [2.05, 4.69) is 30.4 Å². The summed E-state index contributed by atoms with van der Waals surface area (Å²) in [6.07, 6.45) is 2.19. The second-order valence-corrected chi connectivity index (χ2v) is 8.51. The Bertz CT molecular complexity index is 1010. The van der Waals surface area contributed by atoms with Crippen LogP contribution in [0.5, 0.6) is 5.75 Å². The van der Waals surface area contributed by atoms with Gasteiger partial charge < -0.3 is 14.8 Å². The number of carbonyl (C=O) groups excluding carboxylic acids is 1. The molecule has 0 unspecified atom stereocenters. The molecular weight excluding hydrogens is 372 g/mol. The Morgan fingerprint density at radius 1 is 1.32 bits per heavy atom. The Balaban J connectivity index is 1.36. The van der Waals surface area contributed by atoms with Crippen LogP contribution in [-0.2, 0) is 16.0 Å². The molecule has 1 amide bonds. The Kier molecular flexibility index (Phi) is 4.53. The van der Waals surface area contributed by atoms with Crippen molar-refractivity contribution < 1.29 is 14.3 Å². The van der Waals surface area contributed by atoms with Crippen molar-refractivity contribution in [2.75, 3.05) is 13.2 Å². The zero-order valence-electron chi connectivity index (χ0n) is 15.7. The summed E-state index contributed by atoms with van der Waals surface area (Å²) in [5.74, 6) is 0.876. The Morgan fingerprint density at radius 3 is 3.04 bits per heavy atom. The van der Waals surface area contributed by atoms with E-state index in [1.54, 1.807) is 11.3 Å². The van der Waals surface area contributed by atoms with E-state index >= 15 is 0 Å². The molecule has 6 heteroatoms. The van der Waals surface area contributed by atoms with Crippen LogP contribution in [0.4, 0.5) is 0 Å². The van der Waals surface area contributed by atoms with E-state index in [9.17, 15) is 4.79 Å². The average Bonchev–Trinajstić information content (AvgIpc) is 3.43. The van der Waals surface area contributed by atoms with E-state index in [0.29, 0.717) is 13.2 Å². The third kappa shape index (κ3) is 3.27. The van der Waals surface area contributed by atoms with E-state index < -0.39 is 0 Å². The van der Waals surface area contributed by atoms with Crippen LogP contribution in [0, 0.1) is 6.92 Å². The number of carbonyl (C=O) groups is 1. The smallest absolute Gasteiger partial charge is 0.249 e. The SMILES string of the molecule is Cc1cc2c(c(-c3nc4ccccc4s3)c1)O[C@H](CNC(=O)[C@H]1CCCO1)C2. The largest absolute Gasteiger partial charge is 0.487 e. The fraction of sp³-hybridized carbons (Fsp3) is 0.364. The molecule has 0 aliphatic carbocycles. The van der Waals surface area contributed by atoms with Gasteiger partial charge in [0.15, 0.2) is 0 Å². The molecule has 3 heterocycles. The molecule has 0 bridgehead atoms. The van der Waals surface area contributed by atoms with E-state index in [4.69, 9.17) is 14.5 Å². The summed E-state index contributed by atoms with van der Waals surface area (Å²) in [5, 5.41) is 3.97. The zero-order valence-corrected chi connectivity index (χ0v) is 16.6. The van der Waals surface area contributed by atoms with Gasteiger partial charge in [0, 0.05) is 13.0 Å². The molecule has 2 aliphatic rings. The standard InChI is InChI=1S/C22H22N2O3S/c1-13-9-14-11-15(12-23-21(25)18-6-4-8-26-18)27-20(14)16(10-13)22-24-17-5-2-3-7-19(17)28-22/h2-3,5,7,9-10,15,18H,4,6,8,11-12H2,1H3,(H,23,25)/t15-,18+/m0/s1. The molecule has 1 saturated heterocycles. The summed E-state index contributed by atoms with van der Waals surface area (Å²) in [5.41, 5.74) is 4.44. The van der Waals surface area contributed by atoms with Crippen LogP contribution in [0.15, 0.2) is 36.4 Å². The molecule has 5 nitrogen and oxygen atoms in total. The van der Waals surface area contributed by atoms with Crippen LogP contribution in [0.3, 0.4) is 0 Å². The zero-order chi connectivity index (χ0) is 19.1. The van der Waals surface area contributed by atoms with Crippen molar-refractivity contribution in [3.05, 3.63) is 47.5 Å². The number of hydrogen-bond donors (Lipinski definition) is 1. The first-order chi connectivity index (χ1) is 13.7. The van der Waals surface area contributed by atoms with Crippen molar-refractivity contribution in [2.45, 2.75) is 38.4 Å². The monoisotopic (exact) mass is 394 g/mol. The summed E-state index contributed by atoms with van der Waals surface area (Å²) < 4.78 is 12.9. The molecule has 2 atom stereocenters. The number of fused-ring (bicyclic) bond motifs is 2. The predicted molar refractivity (Wildman–Crippen MR) is 110 cm³/mol. The molecule has 1 aromatic heterocycles. The van der Waals surface area contributed by atoms with Gasteiger partial charge in [-0.3, -0.25) is 4.79 Å². The highest BCUT2D eigenvalue weighted by atomic mass is 32.1. The number of para-hydroxylation sites is 1. The first-order valence-corrected chi connectivity index (χ1v) is 10.5. The van der Waals surface area contributed by atoms with Gasteiger partial charge in [0.25, 0.3) is 0 Å². The summed E-state index contributed by atoms with van der Waals surface area (Å²) >= 11 is 1.68. The number of rotatable bonds is 4. The maximum absolute atomic E-state index is 12.2. The molecule has 0 saturated carbocycles. The first kappa shape index (κ1) is 17.6. The Morgan fingerprint density at radius 2 is 2.21 bits per heavy atom. The molecule has 0 spiro atoms. The fourth-order valence-electron chi connectivity index (χ4n) is 3.97. The molecule has 1 fully saturated rings. The first-order valence-electron chi connectivity index (χ1n) is 9.73. The lowest BCUT2D eigenvalue weighted by atomic mass is 10.0. The van der Waals surface area contributed by atoms with E-state index in [1.807, 2.05) is 18.2 Å². The second kappa shape index (κ2) is 7.18. The minimum Gasteiger partial charge on any atom is -0.487 e. The number of thiazole rings is 1. The van der Waals surface area contributed by atoms with Gasteiger partial charge in [-0.2, -0.15) is 0 Å².